The predicted molar refractivity (Wildman–Crippen MR) is 84.8 cm³/mol. The van der Waals surface area contributed by atoms with Crippen LogP contribution in [-0.2, 0) is 11.2 Å². The predicted octanol–water partition coefficient (Wildman–Crippen LogP) is 2.29. The molecule has 2 unspecified atom stereocenters. The molecule has 1 saturated heterocycles. The first-order chi connectivity index (χ1) is 10.5. The highest BCUT2D eigenvalue weighted by atomic mass is 16.4. The number of likely N-dealkylation sites (tertiary alicyclic amines) is 1. The van der Waals surface area contributed by atoms with Crippen molar-refractivity contribution >= 4 is 12.0 Å². The summed E-state index contributed by atoms with van der Waals surface area (Å²) in [5, 5.41) is 12.1. The maximum absolute atomic E-state index is 12.2. The molecule has 22 heavy (non-hydrogen) atoms. The Morgan fingerprint density at radius 1 is 1.32 bits per heavy atom. The van der Waals surface area contributed by atoms with Crippen LogP contribution in [0.3, 0.4) is 0 Å². The second-order valence-electron chi connectivity index (χ2n) is 6.19. The highest BCUT2D eigenvalue weighted by Crippen LogP contribution is 2.21. The maximum atomic E-state index is 12.2. The van der Waals surface area contributed by atoms with Crippen LogP contribution in [0.25, 0.3) is 0 Å². The first-order valence-corrected chi connectivity index (χ1v) is 7.77. The van der Waals surface area contributed by atoms with Crippen LogP contribution in [0.1, 0.15) is 24.5 Å². The Hall–Kier alpha value is -2.04. The van der Waals surface area contributed by atoms with Crippen molar-refractivity contribution in [2.24, 2.45) is 11.8 Å². The molecule has 2 atom stereocenters. The number of nitrogens with one attached hydrogen (secondary N) is 1. The fraction of sp³-hybridized carbons (Fsp3) is 0.529. The van der Waals surface area contributed by atoms with Crippen LogP contribution in [0.2, 0.25) is 0 Å². The Kier molecular flexibility index (Phi) is 5.41. The number of nitrogens with zero attached hydrogens (tertiary/aromatic N) is 1. The molecule has 0 radical (unpaired) electrons. The lowest BCUT2D eigenvalue weighted by Crippen LogP contribution is -2.49. The van der Waals surface area contributed by atoms with Crippen molar-refractivity contribution in [3.05, 3.63) is 35.4 Å². The maximum Gasteiger partial charge on any atom is 0.317 e. The van der Waals surface area contributed by atoms with E-state index in [2.05, 4.69) is 24.4 Å². The molecule has 0 aliphatic carbocycles. The summed E-state index contributed by atoms with van der Waals surface area (Å²) < 4.78 is 0. The highest BCUT2D eigenvalue weighted by molar-refractivity contribution is 5.76. The lowest BCUT2D eigenvalue weighted by Gasteiger charge is -2.34. The van der Waals surface area contributed by atoms with Crippen LogP contribution in [0.15, 0.2) is 24.3 Å². The normalized spacial score (nSPS) is 21.5. The Labute approximate surface area is 131 Å². The summed E-state index contributed by atoms with van der Waals surface area (Å²) in [6.07, 6.45) is 1.42. The largest absolute Gasteiger partial charge is 0.481 e. The van der Waals surface area contributed by atoms with Gasteiger partial charge in [0.25, 0.3) is 0 Å². The third kappa shape index (κ3) is 4.23. The summed E-state index contributed by atoms with van der Waals surface area (Å²) in [6, 6.07) is 7.95. The van der Waals surface area contributed by atoms with E-state index in [-0.39, 0.29) is 11.9 Å². The summed E-state index contributed by atoms with van der Waals surface area (Å²) in [7, 11) is 0. The van der Waals surface area contributed by atoms with E-state index in [1.807, 2.05) is 19.1 Å². The van der Waals surface area contributed by atoms with Gasteiger partial charge in [-0.2, -0.15) is 0 Å². The van der Waals surface area contributed by atoms with Crippen LogP contribution in [0.5, 0.6) is 0 Å². The number of carboxylic acid groups (broad SMARTS) is 1. The lowest BCUT2D eigenvalue weighted by atomic mass is 9.91. The molecule has 5 nitrogen and oxygen atoms in total. The molecule has 0 spiro atoms. The number of hydrogen-bond donors (Lipinski definition) is 2. The van der Waals surface area contributed by atoms with Gasteiger partial charge in [0.15, 0.2) is 0 Å². The molecule has 0 saturated carbocycles. The first-order valence-electron chi connectivity index (χ1n) is 7.77. The van der Waals surface area contributed by atoms with E-state index in [4.69, 9.17) is 5.11 Å². The summed E-state index contributed by atoms with van der Waals surface area (Å²) in [5.41, 5.74) is 2.44. The minimum atomic E-state index is -0.815. The molecular formula is C17H24N2O3. The van der Waals surface area contributed by atoms with Crippen LogP contribution in [-0.4, -0.2) is 41.6 Å². The Balaban J connectivity index is 1.84. The highest BCUT2D eigenvalue weighted by Gasteiger charge is 2.31. The second kappa shape index (κ2) is 7.29. The Morgan fingerprint density at radius 2 is 2.05 bits per heavy atom. The third-order valence-corrected chi connectivity index (χ3v) is 4.23. The number of rotatable bonds is 4. The molecule has 0 aromatic heterocycles. The molecule has 0 bridgehead atoms. The minimum absolute atomic E-state index is 0.161. The number of carbonyl (C=O) groups is 2. The fourth-order valence-corrected chi connectivity index (χ4v) is 3.00. The number of piperidine rings is 1. The molecular weight excluding hydrogens is 280 g/mol. The van der Waals surface area contributed by atoms with Crippen molar-refractivity contribution in [2.45, 2.75) is 26.7 Å². The second-order valence-corrected chi connectivity index (χ2v) is 6.19. The van der Waals surface area contributed by atoms with E-state index < -0.39 is 11.9 Å². The summed E-state index contributed by atoms with van der Waals surface area (Å²) in [4.78, 5) is 25.0. The molecule has 1 aliphatic heterocycles. The zero-order valence-corrected chi connectivity index (χ0v) is 13.2. The molecule has 5 heteroatoms. The third-order valence-electron chi connectivity index (χ3n) is 4.23. The van der Waals surface area contributed by atoms with E-state index in [9.17, 15) is 9.59 Å². The van der Waals surface area contributed by atoms with Gasteiger partial charge < -0.3 is 15.3 Å². The van der Waals surface area contributed by atoms with Crippen molar-refractivity contribution in [1.29, 1.82) is 0 Å². The van der Waals surface area contributed by atoms with Crippen molar-refractivity contribution in [1.82, 2.24) is 10.2 Å². The van der Waals surface area contributed by atoms with E-state index in [0.29, 0.717) is 26.1 Å². The standard InChI is InChI=1S/C17H24N2O3/c1-12-9-15(16(20)21)11-19(10-12)17(22)18-8-7-14-6-4-3-5-13(14)2/h3-6,12,15H,7-11H2,1-2H3,(H,18,22)(H,20,21). The number of hydrogen-bond acceptors (Lipinski definition) is 2. The molecule has 120 valence electrons. The van der Waals surface area contributed by atoms with E-state index in [1.54, 1.807) is 4.90 Å². The van der Waals surface area contributed by atoms with Gasteiger partial charge in [-0.05, 0) is 36.8 Å². The molecule has 1 fully saturated rings. The molecule has 2 amide bonds. The van der Waals surface area contributed by atoms with Gasteiger partial charge in [-0.15, -0.1) is 0 Å². The molecule has 1 heterocycles. The van der Waals surface area contributed by atoms with E-state index in [1.165, 1.54) is 11.1 Å². The summed E-state index contributed by atoms with van der Waals surface area (Å²) in [5.74, 6) is -1.05. The van der Waals surface area contributed by atoms with Gasteiger partial charge in [-0.3, -0.25) is 4.79 Å². The van der Waals surface area contributed by atoms with Gasteiger partial charge in [0.05, 0.1) is 5.92 Å². The van der Waals surface area contributed by atoms with Crippen molar-refractivity contribution < 1.29 is 14.7 Å². The van der Waals surface area contributed by atoms with Gasteiger partial charge in [-0.25, -0.2) is 4.79 Å². The van der Waals surface area contributed by atoms with Crippen molar-refractivity contribution in [2.75, 3.05) is 19.6 Å². The molecule has 1 aromatic rings. The van der Waals surface area contributed by atoms with Crippen LogP contribution >= 0.6 is 0 Å². The van der Waals surface area contributed by atoms with Crippen LogP contribution in [0, 0.1) is 18.8 Å². The van der Waals surface area contributed by atoms with Gasteiger partial charge >= 0.3 is 12.0 Å². The Morgan fingerprint density at radius 3 is 2.73 bits per heavy atom. The van der Waals surface area contributed by atoms with Crippen molar-refractivity contribution in [3.63, 3.8) is 0 Å². The van der Waals surface area contributed by atoms with Gasteiger partial charge in [-0.1, -0.05) is 31.2 Å². The number of urea groups is 1. The van der Waals surface area contributed by atoms with Crippen LogP contribution < -0.4 is 5.32 Å². The lowest BCUT2D eigenvalue weighted by molar-refractivity contribution is -0.143. The summed E-state index contributed by atoms with van der Waals surface area (Å²) >= 11 is 0. The fourth-order valence-electron chi connectivity index (χ4n) is 3.00. The van der Waals surface area contributed by atoms with E-state index >= 15 is 0 Å². The number of amides is 2. The molecule has 2 rings (SSSR count). The zero-order valence-electron chi connectivity index (χ0n) is 13.2. The smallest absolute Gasteiger partial charge is 0.317 e. The number of carbonyl (C=O) groups excluding carboxylic acids is 1. The number of aliphatic carboxylic acids is 1. The Bertz CT molecular complexity index is 544. The topological polar surface area (TPSA) is 69.6 Å². The van der Waals surface area contributed by atoms with Gasteiger partial charge in [0.2, 0.25) is 0 Å². The van der Waals surface area contributed by atoms with Gasteiger partial charge in [0, 0.05) is 19.6 Å². The quantitative estimate of drug-likeness (QED) is 0.896. The molecule has 1 aromatic carbocycles. The minimum Gasteiger partial charge on any atom is -0.481 e. The SMILES string of the molecule is Cc1ccccc1CCNC(=O)N1CC(C)CC(C(=O)O)C1. The number of benzene rings is 1. The first kappa shape index (κ1) is 16.3. The van der Waals surface area contributed by atoms with Crippen molar-refractivity contribution in [3.8, 4) is 0 Å². The number of aryl methyl sites for hydroxylation is 1. The average molecular weight is 304 g/mol. The zero-order chi connectivity index (χ0) is 16.1. The van der Waals surface area contributed by atoms with Crippen LogP contribution in [0.4, 0.5) is 4.79 Å². The number of carboxylic acids is 1. The van der Waals surface area contributed by atoms with Gasteiger partial charge in [0.1, 0.15) is 0 Å². The van der Waals surface area contributed by atoms with E-state index in [0.717, 1.165) is 6.42 Å². The molecule has 2 N–H and O–H groups in total. The summed E-state index contributed by atoms with van der Waals surface area (Å²) in [6.45, 7) is 5.53. The monoisotopic (exact) mass is 304 g/mol. The molecule has 1 aliphatic rings. The average Bonchev–Trinajstić information content (AvgIpc) is 2.48.